The van der Waals surface area contributed by atoms with E-state index in [-0.39, 0.29) is 46.5 Å². The largest absolute Gasteiger partial charge is 0.508 e. The zero-order chi connectivity index (χ0) is 28.2. The van der Waals surface area contributed by atoms with Crippen molar-refractivity contribution in [2.45, 2.75) is 62.2 Å². The number of fused-ring (bicyclic) bond motifs is 7. The molecule has 0 spiro atoms. The second kappa shape index (κ2) is 8.98. The maximum atomic E-state index is 16.8. The van der Waals surface area contributed by atoms with Crippen molar-refractivity contribution < 1.29 is 19.0 Å². The number of thiazole rings is 1. The summed E-state index contributed by atoms with van der Waals surface area (Å²) in [5.41, 5.74) is 6.98. The monoisotopic (exact) mass is 590 g/mol. The third-order valence-corrected chi connectivity index (χ3v) is 10.9. The summed E-state index contributed by atoms with van der Waals surface area (Å²) in [6.07, 6.45) is 6.61. The third-order valence-electron chi connectivity index (χ3n) is 9.96. The number of nitrogens with zero attached hydrogens (tertiary/aromatic N) is 6. The summed E-state index contributed by atoms with van der Waals surface area (Å²) in [4.78, 5) is 23.4. The smallest absolute Gasteiger partial charge is 0.319 e. The van der Waals surface area contributed by atoms with E-state index in [1.54, 1.807) is 0 Å². The molecule has 1 aromatic carbocycles. The molecule has 13 heteroatoms. The number of hydrogen-bond acceptors (Lipinski definition) is 12. The highest BCUT2D eigenvalue weighted by atomic mass is 32.1. The summed E-state index contributed by atoms with van der Waals surface area (Å²) in [5.74, 6) is 0.208. The Morgan fingerprint density at radius 2 is 2.02 bits per heavy atom. The van der Waals surface area contributed by atoms with Gasteiger partial charge in [0.15, 0.2) is 10.9 Å². The van der Waals surface area contributed by atoms with Gasteiger partial charge in [0.05, 0.1) is 21.8 Å². The highest BCUT2D eigenvalue weighted by molar-refractivity contribution is 7.22. The minimum Gasteiger partial charge on any atom is -0.508 e. The van der Waals surface area contributed by atoms with Crippen molar-refractivity contribution in [3.63, 3.8) is 0 Å². The minimum atomic E-state index is -0.622. The molecule has 4 N–H and O–H groups in total. The van der Waals surface area contributed by atoms with Crippen LogP contribution < -0.4 is 25.4 Å². The highest BCUT2D eigenvalue weighted by Gasteiger charge is 2.46. The number of phenols is 1. The molecule has 3 unspecified atom stereocenters. The maximum Gasteiger partial charge on any atom is 0.319 e. The lowest BCUT2D eigenvalue weighted by Crippen LogP contribution is -2.60. The fourth-order valence-electron chi connectivity index (χ4n) is 8.03. The number of nitrogen functional groups attached to an aromatic ring is 1. The number of aromatic nitrogens is 4. The maximum absolute atomic E-state index is 16.8. The second-order valence-electron chi connectivity index (χ2n) is 12.3. The topological polar surface area (TPSA) is 135 Å². The van der Waals surface area contributed by atoms with Crippen LogP contribution in [-0.2, 0) is 0 Å². The van der Waals surface area contributed by atoms with Gasteiger partial charge in [0.2, 0.25) is 5.88 Å². The molecule has 42 heavy (non-hydrogen) atoms. The second-order valence-corrected chi connectivity index (χ2v) is 13.3. The summed E-state index contributed by atoms with van der Waals surface area (Å²) >= 11 is 1.22. The number of benzene rings is 1. The van der Waals surface area contributed by atoms with E-state index in [9.17, 15) is 5.11 Å². The van der Waals surface area contributed by atoms with Crippen molar-refractivity contribution in [2.75, 3.05) is 43.5 Å². The number of piperazine rings is 1. The Morgan fingerprint density at radius 3 is 2.88 bits per heavy atom. The molecule has 5 aliphatic heterocycles. The first-order valence-corrected chi connectivity index (χ1v) is 15.6. The van der Waals surface area contributed by atoms with E-state index in [0.29, 0.717) is 51.4 Å². The number of anilines is 2. The van der Waals surface area contributed by atoms with Crippen LogP contribution in [0, 0.1) is 5.82 Å². The van der Waals surface area contributed by atoms with Gasteiger partial charge < -0.3 is 30.5 Å². The van der Waals surface area contributed by atoms with Gasteiger partial charge in [-0.05, 0) is 57.7 Å². The van der Waals surface area contributed by atoms with Crippen molar-refractivity contribution in [2.24, 2.45) is 0 Å². The van der Waals surface area contributed by atoms with E-state index < -0.39 is 5.82 Å². The zero-order valence-electron chi connectivity index (χ0n) is 23.0. The predicted molar refractivity (Wildman–Crippen MR) is 157 cm³/mol. The van der Waals surface area contributed by atoms with E-state index in [1.165, 1.54) is 23.5 Å². The molecule has 3 atom stereocenters. The molecule has 8 heterocycles. The standard InChI is InChI=1S/C29H31FN8O3S/c30-21-22(16-9-15(39)10-18-24(16)42-27(31)33-18)34-26-20-23(21)35-28(41-13-29-5-1-7-37(29)8-2-6-29)36-25(20)38-11-14-3-4-17(32-14)19(38)12-40-26/h9-10,14,17,19,32,39H,1-8,11-13H2,(H2,31,33). The molecule has 5 aliphatic rings. The number of hydrogen-bond donors (Lipinski definition) is 3. The normalized spacial score (nSPS) is 25.9. The lowest BCUT2D eigenvalue weighted by molar-refractivity contribution is 0.108. The molecule has 4 aromatic rings. The van der Waals surface area contributed by atoms with Crippen molar-refractivity contribution >= 4 is 43.4 Å². The van der Waals surface area contributed by atoms with Gasteiger partial charge in [-0.15, -0.1) is 0 Å². The molecule has 9 rings (SSSR count). The van der Waals surface area contributed by atoms with E-state index in [0.717, 1.165) is 58.2 Å². The highest BCUT2D eigenvalue weighted by Crippen LogP contribution is 2.45. The Kier molecular flexibility index (Phi) is 5.34. The fourth-order valence-corrected chi connectivity index (χ4v) is 8.86. The van der Waals surface area contributed by atoms with Crippen molar-refractivity contribution in [3.8, 4) is 28.9 Å². The van der Waals surface area contributed by atoms with E-state index in [2.05, 4.69) is 25.1 Å². The molecular formula is C29H31FN8O3S. The SMILES string of the molecule is Nc1nc2cc(O)cc(-c3nc4c5c(nc(OCC67CCCN6CCC7)nc5c3F)N3CC5CCC(N5)C3CO4)c2s1. The van der Waals surface area contributed by atoms with E-state index in [4.69, 9.17) is 25.2 Å². The van der Waals surface area contributed by atoms with Gasteiger partial charge in [-0.1, -0.05) is 11.3 Å². The van der Waals surface area contributed by atoms with Crippen LogP contribution >= 0.6 is 11.3 Å². The predicted octanol–water partition coefficient (Wildman–Crippen LogP) is 3.44. The molecule has 0 saturated carbocycles. The summed E-state index contributed by atoms with van der Waals surface area (Å²) in [6.45, 7) is 3.77. The number of phenolic OH excluding ortho intramolecular Hbond substituents is 1. The van der Waals surface area contributed by atoms with Crippen LogP contribution in [0.4, 0.5) is 15.3 Å². The number of halogens is 1. The summed E-state index contributed by atoms with van der Waals surface area (Å²) in [5, 5.41) is 15.0. The van der Waals surface area contributed by atoms with E-state index >= 15 is 4.39 Å². The molecule has 4 saturated heterocycles. The van der Waals surface area contributed by atoms with Crippen LogP contribution in [0.15, 0.2) is 12.1 Å². The zero-order valence-corrected chi connectivity index (χ0v) is 23.8. The van der Waals surface area contributed by atoms with Crippen LogP contribution in [-0.4, -0.2) is 86.5 Å². The molecule has 0 radical (unpaired) electrons. The Bertz CT molecular complexity index is 1760. The molecule has 11 nitrogen and oxygen atoms in total. The molecule has 0 amide bonds. The van der Waals surface area contributed by atoms with Crippen LogP contribution in [0.3, 0.4) is 0 Å². The number of nitrogens with one attached hydrogen (secondary N) is 1. The summed E-state index contributed by atoms with van der Waals surface area (Å²) in [6, 6.07) is 3.76. The molecular weight excluding hydrogens is 559 g/mol. The van der Waals surface area contributed by atoms with Crippen molar-refractivity contribution in [1.29, 1.82) is 0 Å². The first-order chi connectivity index (χ1) is 20.5. The van der Waals surface area contributed by atoms with E-state index in [1.807, 2.05) is 0 Å². The number of nitrogens with two attached hydrogens (primary N) is 1. The van der Waals surface area contributed by atoms with Crippen LogP contribution in [0.2, 0.25) is 0 Å². The first kappa shape index (κ1) is 25.0. The van der Waals surface area contributed by atoms with Gasteiger partial charge in [0.25, 0.3) is 0 Å². The third kappa shape index (κ3) is 3.62. The fraction of sp³-hybridized carbons (Fsp3) is 0.517. The lowest BCUT2D eigenvalue weighted by atomic mass is 9.95. The first-order valence-electron chi connectivity index (χ1n) is 14.8. The summed E-state index contributed by atoms with van der Waals surface area (Å²) < 4.78 is 30.1. The number of aromatic hydroxyl groups is 1. The van der Waals surface area contributed by atoms with Crippen LogP contribution in [0.5, 0.6) is 17.6 Å². The Balaban J connectivity index is 1.23. The molecule has 218 valence electrons. The van der Waals surface area contributed by atoms with Gasteiger partial charge in [-0.25, -0.2) is 14.4 Å². The number of ether oxygens (including phenoxy) is 2. The van der Waals surface area contributed by atoms with Gasteiger partial charge in [0.1, 0.15) is 41.4 Å². The molecule has 2 bridgehead atoms. The average molecular weight is 591 g/mol. The number of rotatable bonds is 4. The molecule has 0 aliphatic carbocycles. The van der Waals surface area contributed by atoms with Crippen molar-refractivity contribution in [1.82, 2.24) is 30.2 Å². The lowest BCUT2D eigenvalue weighted by Gasteiger charge is -2.40. The van der Waals surface area contributed by atoms with Crippen LogP contribution in [0.1, 0.15) is 38.5 Å². The van der Waals surface area contributed by atoms with Gasteiger partial charge in [0, 0.05) is 30.3 Å². The number of pyridine rings is 1. The minimum absolute atomic E-state index is 0.00137. The molecule has 3 aromatic heterocycles. The van der Waals surface area contributed by atoms with Gasteiger partial charge in [-0.3, -0.25) is 4.90 Å². The molecule has 4 fully saturated rings. The van der Waals surface area contributed by atoms with Gasteiger partial charge in [-0.2, -0.15) is 9.97 Å². The quantitative estimate of drug-likeness (QED) is 0.323. The average Bonchev–Trinajstić information content (AvgIpc) is 3.73. The Hall–Kier alpha value is -3.55. The van der Waals surface area contributed by atoms with Crippen LogP contribution in [0.25, 0.3) is 32.4 Å². The summed E-state index contributed by atoms with van der Waals surface area (Å²) in [7, 11) is 0. The van der Waals surface area contributed by atoms with Crippen molar-refractivity contribution in [3.05, 3.63) is 17.9 Å². The van der Waals surface area contributed by atoms with Gasteiger partial charge >= 0.3 is 6.01 Å². The Morgan fingerprint density at radius 1 is 1.17 bits per heavy atom. The Labute approximate surface area is 244 Å².